The number of halogens is 1. The van der Waals surface area contributed by atoms with Gasteiger partial charge in [-0.2, -0.15) is 0 Å². The molecule has 0 saturated heterocycles. The van der Waals surface area contributed by atoms with Crippen LogP contribution in [0.4, 0.5) is 5.13 Å². The van der Waals surface area contributed by atoms with Gasteiger partial charge in [0.25, 0.3) is 0 Å². The minimum atomic E-state index is -0.470. The summed E-state index contributed by atoms with van der Waals surface area (Å²) in [5.41, 5.74) is 1.13. The van der Waals surface area contributed by atoms with Crippen molar-refractivity contribution in [2.45, 2.75) is 6.42 Å². The van der Waals surface area contributed by atoms with Gasteiger partial charge in [-0.15, -0.1) is 0 Å². The second-order valence-electron chi connectivity index (χ2n) is 3.67. The molecule has 0 saturated carbocycles. The smallest absolute Gasteiger partial charge is 0.351 e. The number of esters is 1. The van der Waals surface area contributed by atoms with Crippen LogP contribution in [-0.4, -0.2) is 29.6 Å². The van der Waals surface area contributed by atoms with Crippen LogP contribution in [0.3, 0.4) is 0 Å². The molecule has 0 fully saturated rings. The number of ether oxygens (including phenoxy) is 1. The van der Waals surface area contributed by atoms with Crippen molar-refractivity contribution in [1.82, 2.24) is 9.97 Å². The van der Waals surface area contributed by atoms with E-state index in [9.17, 15) is 4.79 Å². The van der Waals surface area contributed by atoms with Crippen molar-refractivity contribution in [3.63, 3.8) is 0 Å². The Morgan fingerprint density at radius 1 is 1.58 bits per heavy atom. The zero-order valence-corrected chi connectivity index (χ0v) is 11.8. The van der Waals surface area contributed by atoms with Gasteiger partial charge in [0.2, 0.25) is 0 Å². The molecule has 2 aromatic rings. The van der Waals surface area contributed by atoms with Gasteiger partial charge in [0, 0.05) is 18.9 Å². The zero-order chi connectivity index (χ0) is 13.7. The van der Waals surface area contributed by atoms with E-state index < -0.39 is 5.97 Å². The lowest BCUT2D eigenvalue weighted by molar-refractivity contribution is 0.0606. The predicted octanol–water partition coefficient (Wildman–Crippen LogP) is 2.63. The molecule has 0 aliphatic rings. The number of anilines is 1. The molecule has 0 atom stereocenters. The molecule has 0 radical (unpaired) electrons. The van der Waals surface area contributed by atoms with Crippen molar-refractivity contribution in [2.24, 2.45) is 0 Å². The van der Waals surface area contributed by atoms with Crippen molar-refractivity contribution in [3.05, 3.63) is 40.1 Å². The molecule has 0 unspecified atom stereocenters. The first-order chi connectivity index (χ1) is 9.20. The van der Waals surface area contributed by atoms with Gasteiger partial charge in [-0.1, -0.05) is 29.0 Å². The summed E-state index contributed by atoms with van der Waals surface area (Å²) < 4.78 is 4.62. The number of aromatic nitrogens is 2. The lowest BCUT2D eigenvalue weighted by atomic mass is 10.2. The third kappa shape index (κ3) is 3.65. The maximum absolute atomic E-state index is 11.4. The Morgan fingerprint density at radius 2 is 2.42 bits per heavy atom. The van der Waals surface area contributed by atoms with Crippen molar-refractivity contribution >= 4 is 34.0 Å². The first-order valence-corrected chi connectivity index (χ1v) is 6.77. The topological polar surface area (TPSA) is 64.1 Å². The van der Waals surface area contributed by atoms with E-state index in [1.165, 1.54) is 18.4 Å². The molecule has 19 heavy (non-hydrogen) atoms. The number of hydrogen-bond donors (Lipinski definition) is 1. The van der Waals surface area contributed by atoms with Gasteiger partial charge in [-0.25, -0.2) is 9.78 Å². The average molecular weight is 298 g/mol. The standard InChI is InChI=1S/C12H12ClN3O2S/c1-18-11(17)9-10(13)16-12(19-9)15-6-4-8-3-2-5-14-7-8/h2-3,5,7H,4,6H2,1H3,(H,15,16). The van der Waals surface area contributed by atoms with Crippen LogP contribution >= 0.6 is 22.9 Å². The number of pyridine rings is 1. The number of methoxy groups -OCH3 is 1. The molecular formula is C12H12ClN3O2S. The van der Waals surface area contributed by atoms with E-state index in [1.54, 1.807) is 6.20 Å². The molecule has 5 nitrogen and oxygen atoms in total. The highest BCUT2D eigenvalue weighted by atomic mass is 35.5. The number of rotatable bonds is 5. The number of thiazole rings is 1. The lowest BCUT2D eigenvalue weighted by Gasteiger charge is -2.01. The normalized spacial score (nSPS) is 10.2. The van der Waals surface area contributed by atoms with Gasteiger partial charge in [0.1, 0.15) is 0 Å². The first-order valence-electron chi connectivity index (χ1n) is 5.58. The molecule has 0 amide bonds. The minimum absolute atomic E-state index is 0.167. The number of hydrogen-bond acceptors (Lipinski definition) is 6. The summed E-state index contributed by atoms with van der Waals surface area (Å²) in [4.78, 5) is 19.8. The monoisotopic (exact) mass is 297 g/mol. The molecule has 100 valence electrons. The fourth-order valence-corrected chi connectivity index (χ4v) is 2.58. The Morgan fingerprint density at radius 3 is 3.11 bits per heavy atom. The van der Waals surface area contributed by atoms with Crippen molar-refractivity contribution in [2.75, 3.05) is 19.0 Å². The van der Waals surface area contributed by atoms with Crippen LogP contribution in [0.15, 0.2) is 24.5 Å². The number of nitrogens with zero attached hydrogens (tertiary/aromatic N) is 2. The van der Waals surface area contributed by atoms with E-state index in [1.807, 2.05) is 18.3 Å². The summed E-state index contributed by atoms with van der Waals surface area (Å²) in [5, 5.41) is 3.89. The molecule has 0 bridgehead atoms. The van der Waals surface area contributed by atoms with Crippen LogP contribution in [-0.2, 0) is 11.2 Å². The van der Waals surface area contributed by atoms with E-state index in [4.69, 9.17) is 11.6 Å². The summed E-state index contributed by atoms with van der Waals surface area (Å²) in [6, 6.07) is 3.90. The Labute approximate surface area is 119 Å². The van der Waals surface area contributed by atoms with E-state index in [0.29, 0.717) is 16.6 Å². The minimum Gasteiger partial charge on any atom is -0.465 e. The average Bonchev–Trinajstić information content (AvgIpc) is 2.80. The maximum Gasteiger partial charge on any atom is 0.351 e. The first kappa shape index (κ1) is 13.8. The van der Waals surface area contributed by atoms with E-state index in [-0.39, 0.29) is 5.15 Å². The summed E-state index contributed by atoms with van der Waals surface area (Å²) in [7, 11) is 1.31. The number of nitrogens with one attached hydrogen (secondary N) is 1. The number of carbonyl (C=O) groups excluding carboxylic acids is 1. The van der Waals surface area contributed by atoms with Gasteiger partial charge < -0.3 is 10.1 Å². The molecular weight excluding hydrogens is 286 g/mol. The van der Waals surface area contributed by atoms with Crippen LogP contribution in [0.1, 0.15) is 15.2 Å². The van der Waals surface area contributed by atoms with Gasteiger partial charge in [-0.3, -0.25) is 4.98 Å². The molecule has 0 aliphatic heterocycles. The second-order valence-corrected chi connectivity index (χ2v) is 5.03. The van der Waals surface area contributed by atoms with Crippen molar-refractivity contribution < 1.29 is 9.53 Å². The molecule has 1 N–H and O–H groups in total. The predicted molar refractivity (Wildman–Crippen MR) is 74.9 cm³/mol. The van der Waals surface area contributed by atoms with Crippen LogP contribution < -0.4 is 5.32 Å². The summed E-state index contributed by atoms with van der Waals surface area (Å²) >= 11 is 7.05. The summed E-state index contributed by atoms with van der Waals surface area (Å²) in [5.74, 6) is -0.470. The SMILES string of the molecule is COC(=O)c1sc(NCCc2cccnc2)nc1Cl. The van der Waals surface area contributed by atoms with Crippen molar-refractivity contribution in [1.29, 1.82) is 0 Å². The largest absolute Gasteiger partial charge is 0.465 e. The Hall–Kier alpha value is -1.66. The van der Waals surface area contributed by atoms with Gasteiger partial charge >= 0.3 is 5.97 Å². The highest BCUT2D eigenvalue weighted by Gasteiger charge is 2.16. The van der Waals surface area contributed by atoms with Crippen LogP contribution in [0.2, 0.25) is 5.15 Å². The molecule has 7 heteroatoms. The summed E-state index contributed by atoms with van der Waals surface area (Å²) in [6.07, 6.45) is 4.37. The highest BCUT2D eigenvalue weighted by molar-refractivity contribution is 7.18. The maximum atomic E-state index is 11.4. The van der Waals surface area contributed by atoms with Crippen LogP contribution in [0.25, 0.3) is 0 Å². The second kappa shape index (κ2) is 6.49. The lowest BCUT2D eigenvalue weighted by Crippen LogP contribution is -2.04. The van der Waals surface area contributed by atoms with Gasteiger partial charge in [0.05, 0.1) is 7.11 Å². The van der Waals surface area contributed by atoms with E-state index in [0.717, 1.165) is 12.0 Å². The van der Waals surface area contributed by atoms with E-state index >= 15 is 0 Å². The van der Waals surface area contributed by atoms with Gasteiger partial charge in [0.15, 0.2) is 15.2 Å². The third-order valence-electron chi connectivity index (χ3n) is 2.37. The Kier molecular flexibility index (Phi) is 4.70. The molecule has 0 spiro atoms. The molecule has 2 rings (SSSR count). The molecule has 2 heterocycles. The Balaban J connectivity index is 1.92. The fraction of sp³-hybridized carbons (Fsp3) is 0.250. The summed E-state index contributed by atoms with van der Waals surface area (Å²) in [6.45, 7) is 0.691. The van der Waals surface area contributed by atoms with Crippen LogP contribution in [0.5, 0.6) is 0 Å². The number of carbonyl (C=O) groups is 1. The van der Waals surface area contributed by atoms with Gasteiger partial charge in [-0.05, 0) is 18.1 Å². The third-order valence-corrected chi connectivity index (χ3v) is 3.75. The van der Waals surface area contributed by atoms with Crippen LogP contribution in [0, 0.1) is 0 Å². The Bertz CT molecular complexity index is 559. The molecule has 2 aromatic heterocycles. The zero-order valence-electron chi connectivity index (χ0n) is 10.2. The molecule has 0 aromatic carbocycles. The molecule has 0 aliphatic carbocycles. The van der Waals surface area contributed by atoms with Crippen molar-refractivity contribution in [3.8, 4) is 0 Å². The quantitative estimate of drug-likeness (QED) is 0.860. The highest BCUT2D eigenvalue weighted by Crippen LogP contribution is 2.27. The fourth-order valence-electron chi connectivity index (χ4n) is 1.46. The van der Waals surface area contributed by atoms with E-state index in [2.05, 4.69) is 20.0 Å².